The second-order valence-corrected chi connectivity index (χ2v) is 11.4. The molecule has 0 unspecified atom stereocenters. The molecular formula is C17H28O3S. The van der Waals surface area contributed by atoms with Gasteiger partial charge >= 0.3 is 5.97 Å². The number of hydrogen-bond donors (Lipinski definition) is 1. The SMILES string of the molecule is CC(C)(C)S(O)(CC(=O)OCc1ccccc1)C(C)(C)C. The first-order valence-corrected chi connectivity index (χ1v) is 8.95. The van der Waals surface area contributed by atoms with E-state index < -0.39 is 10.3 Å². The Bertz CT molecular complexity index is 455. The Hall–Kier alpha value is -1.00. The molecule has 4 heteroatoms. The van der Waals surface area contributed by atoms with E-state index in [1.54, 1.807) is 0 Å². The maximum atomic E-state index is 12.2. The van der Waals surface area contributed by atoms with Crippen molar-refractivity contribution in [1.29, 1.82) is 0 Å². The van der Waals surface area contributed by atoms with Crippen LogP contribution in [0.1, 0.15) is 47.1 Å². The predicted octanol–water partition coefficient (Wildman–Crippen LogP) is 4.60. The molecule has 120 valence electrons. The van der Waals surface area contributed by atoms with Crippen LogP contribution in [0.2, 0.25) is 0 Å². The van der Waals surface area contributed by atoms with Crippen molar-refractivity contribution >= 4 is 16.3 Å². The summed E-state index contributed by atoms with van der Waals surface area (Å²) in [6, 6.07) is 9.58. The highest BCUT2D eigenvalue weighted by Gasteiger charge is 2.46. The number of ether oxygens (including phenoxy) is 1. The minimum absolute atomic E-state index is 0.0762. The summed E-state index contributed by atoms with van der Waals surface area (Å²) in [5.41, 5.74) is 0.955. The topological polar surface area (TPSA) is 46.5 Å². The molecule has 0 aliphatic heterocycles. The first-order valence-electron chi connectivity index (χ1n) is 7.19. The molecule has 0 radical (unpaired) electrons. The highest BCUT2D eigenvalue weighted by atomic mass is 32.3. The average molecular weight is 312 g/mol. The van der Waals surface area contributed by atoms with Crippen molar-refractivity contribution in [1.82, 2.24) is 0 Å². The molecule has 0 aliphatic carbocycles. The van der Waals surface area contributed by atoms with E-state index in [1.165, 1.54) is 0 Å². The van der Waals surface area contributed by atoms with Crippen molar-refractivity contribution in [2.24, 2.45) is 0 Å². The maximum absolute atomic E-state index is 12.2. The van der Waals surface area contributed by atoms with Crippen LogP contribution in [-0.2, 0) is 16.1 Å². The number of carbonyl (C=O) groups is 1. The Balaban J connectivity index is 2.75. The zero-order valence-electron chi connectivity index (χ0n) is 14.0. The Labute approximate surface area is 130 Å². The summed E-state index contributed by atoms with van der Waals surface area (Å²) in [5, 5.41) is 0. The largest absolute Gasteiger partial charge is 0.460 e. The molecule has 0 saturated heterocycles. The molecule has 0 bridgehead atoms. The fourth-order valence-electron chi connectivity index (χ4n) is 2.30. The van der Waals surface area contributed by atoms with Crippen molar-refractivity contribution in [3.8, 4) is 0 Å². The molecule has 0 atom stereocenters. The van der Waals surface area contributed by atoms with Gasteiger partial charge in [0.05, 0.1) is 5.75 Å². The highest BCUT2D eigenvalue weighted by Crippen LogP contribution is 2.64. The van der Waals surface area contributed by atoms with Gasteiger partial charge in [0, 0.05) is 9.49 Å². The lowest BCUT2D eigenvalue weighted by Gasteiger charge is -2.53. The molecule has 1 N–H and O–H groups in total. The third-order valence-corrected chi connectivity index (χ3v) is 8.30. The van der Waals surface area contributed by atoms with E-state index in [4.69, 9.17) is 4.74 Å². The summed E-state index contributed by atoms with van der Waals surface area (Å²) in [7, 11) is -2.15. The van der Waals surface area contributed by atoms with Crippen molar-refractivity contribution in [3.63, 3.8) is 0 Å². The fourth-order valence-corrected chi connectivity index (χ4v) is 5.43. The molecule has 1 rings (SSSR count). The van der Waals surface area contributed by atoms with E-state index in [2.05, 4.69) is 0 Å². The van der Waals surface area contributed by atoms with Gasteiger partial charge in [0.25, 0.3) is 0 Å². The highest BCUT2D eigenvalue weighted by molar-refractivity contribution is 8.31. The lowest BCUT2D eigenvalue weighted by Crippen LogP contribution is -2.42. The van der Waals surface area contributed by atoms with Gasteiger partial charge in [-0.15, -0.1) is 10.3 Å². The first-order chi connectivity index (χ1) is 9.47. The van der Waals surface area contributed by atoms with Crippen molar-refractivity contribution in [3.05, 3.63) is 35.9 Å². The molecule has 21 heavy (non-hydrogen) atoms. The minimum Gasteiger partial charge on any atom is -0.460 e. The summed E-state index contributed by atoms with van der Waals surface area (Å²) < 4.78 is 15.8. The average Bonchev–Trinajstić information content (AvgIpc) is 2.35. The van der Waals surface area contributed by atoms with E-state index in [9.17, 15) is 9.35 Å². The van der Waals surface area contributed by atoms with E-state index in [0.29, 0.717) is 0 Å². The molecule has 0 fully saturated rings. The standard InChI is InChI=1S/C17H28O3S/c1-16(2,3)21(19,17(4,5)6)13-15(18)20-12-14-10-8-7-9-11-14/h7-11,19H,12-13H2,1-6H3. The van der Waals surface area contributed by atoms with E-state index >= 15 is 0 Å². The van der Waals surface area contributed by atoms with Crippen LogP contribution in [0.3, 0.4) is 0 Å². The molecule has 0 amide bonds. The van der Waals surface area contributed by atoms with Gasteiger partial charge in [0.15, 0.2) is 0 Å². The van der Waals surface area contributed by atoms with Crippen molar-refractivity contribution in [2.75, 3.05) is 5.75 Å². The normalized spacial score (nSPS) is 13.9. The van der Waals surface area contributed by atoms with E-state index in [0.717, 1.165) is 5.56 Å². The quantitative estimate of drug-likeness (QED) is 0.826. The molecular weight excluding hydrogens is 284 g/mol. The second-order valence-electron chi connectivity index (χ2n) is 7.22. The van der Waals surface area contributed by atoms with Gasteiger partial charge in [0.1, 0.15) is 6.61 Å². The lowest BCUT2D eigenvalue weighted by molar-refractivity contribution is -0.141. The molecule has 0 heterocycles. The second kappa shape index (κ2) is 6.41. The fraction of sp³-hybridized carbons (Fsp3) is 0.588. The summed E-state index contributed by atoms with van der Waals surface area (Å²) in [5.74, 6) is -0.256. The Morgan fingerprint density at radius 2 is 1.52 bits per heavy atom. The number of esters is 1. The maximum Gasteiger partial charge on any atom is 0.316 e. The van der Waals surface area contributed by atoms with Gasteiger partial charge in [-0.3, -0.25) is 4.79 Å². The van der Waals surface area contributed by atoms with Gasteiger partial charge < -0.3 is 9.29 Å². The molecule has 0 aliphatic rings. The molecule has 0 saturated carbocycles. The van der Waals surface area contributed by atoms with Gasteiger partial charge in [-0.1, -0.05) is 71.9 Å². The lowest BCUT2D eigenvalue weighted by atomic mass is 10.2. The molecule has 1 aromatic rings. The Morgan fingerprint density at radius 3 is 1.95 bits per heavy atom. The summed E-state index contributed by atoms with van der Waals surface area (Å²) in [6.07, 6.45) is 0. The monoisotopic (exact) mass is 312 g/mol. The van der Waals surface area contributed by atoms with Crippen LogP contribution in [0.4, 0.5) is 0 Å². The zero-order chi connectivity index (χ0) is 16.3. The van der Waals surface area contributed by atoms with E-state index in [-0.39, 0.29) is 27.8 Å². The van der Waals surface area contributed by atoms with Crippen LogP contribution in [0, 0.1) is 0 Å². The van der Waals surface area contributed by atoms with Gasteiger partial charge in [-0.05, 0) is 5.56 Å². The minimum atomic E-state index is -2.15. The molecule has 0 spiro atoms. The van der Waals surface area contributed by atoms with E-state index in [1.807, 2.05) is 71.9 Å². The van der Waals surface area contributed by atoms with Crippen molar-refractivity contribution < 1.29 is 14.1 Å². The van der Waals surface area contributed by atoms with Crippen molar-refractivity contribution in [2.45, 2.75) is 57.6 Å². The van der Waals surface area contributed by atoms with Crippen LogP contribution in [0.15, 0.2) is 30.3 Å². The van der Waals surface area contributed by atoms with Crippen LogP contribution in [0.25, 0.3) is 0 Å². The van der Waals surface area contributed by atoms with Crippen LogP contribution < -0.4 is 0 Å². The Kier molecular flexibility index (Phi) is 5.51. The predicted molar refractivity (Wildman–Crippen MR) is 90.8 cm³/mol. The first kappa shape index (κ1) is 18.1. The molecule has 0 aromatic heterocycles. The van der Waals surface area contributed by atoms with Gasteiger partial charge in [-0.25, -0.2) is 0 Å². The zero-order valence-corrected chi connectivity index (χ0v) is 14.8. The number of hydrogen-bond acceptors (Lipinski definition) is 3. The third kappa shape index (κ3) is 4.48. The Morgan fingerprint density at radius 1 is 1.05 bits per heavy atom. The summed E-state index contributed by atoms with van der Waals surface area (Å²) in [6.45, 7) is 12.2. The molecule has 3 nitrogen and oxygen atoms in total. The number of benzene rings is 1. The third-order valence-electron chi connectivity index (χ3n) is 3.60. The van der Waals surface area contributed by atoms with Crippen LogP contribution in [0.5, 0.6) is 0 Å². The van der Waals surface area contributed by atoms with Gasteiger partial charge in [-0.2, -0.15) is 0 Å². The van der Waals surface area contributed by atoms with Gasteiger partial charge in [0.2, 0.25) is 0 Å². The smallest absolute Gasteiger partial charge is 0.316 e. The number of rotatable bonds is 4. The van der Waals surface area contributed by atoms with Crippen LogP contribution >= 0.6 is 10.3 Å². The van der Waals surface area contributed by atoms with Crippen LogP contribution in [-0.4, -0.2) is 25.8 Å². The molecule has 1 aromatic carbocycles. The summed E-state index contributed by atoms with van der Waals surface area (Å²) >= 11 is 0. The number of carbonyl (C=O) groups excluding carboxylic acids is 1. The summed E-state index contributed by atoms with van der Waals surface area (Å²) in [4.78, 5) is 12.2.